The summed E-state index contributed by atoms with van der Waals surface area (Å²) in [6.07, 6.45) is 0. The van der Waals surface area contributed by atoms with Crippen LogP contribution in [0.15, 0.2) is 6.07 Å². The third-order valence-electron chi connectivity index (χ3n) is 2.26. The quantitative estimate of drug-likeness (QED) is 0.627. The molecule has 0 radical (unpaired) electrons. The van der Waals surface area contributed by atoms with Crippen LogP contribution in [-0.2, 0) is 5.41 Å². The van der Waals surface area contributed by atoms with Gasteiger partial charge >= 0.3 is 0 Å². The first-order valence-corrected chi connectivity index (χ1v) is 4.75. The molecule has 1 aromatic rings. The van der Waals surface area contributed by atoms with Crippen LogP contribution in [0.5, 0.6) is 0 Å². The van der Waals surface area contributed by atoms with E-state index in [0.717, 1.165) is 11.3 Å². The molecule has 14 heavy (non-hydrogen) atoms. The number of aromatic nitrogens is 1. The van der Waals surface area contributed by atoms with Gasteiger partial charge in [0.25, 0.3) is 0 Å². The summed E-state index contributed by atoms with van der Waals surface area (Å²) < 4.78 is 0. The molecule has 1 aromatic heterocycles. The highest BCUT2D eigenvalue weighted by molar-refractivity contribution is 5.39. The van der Waals surface area contributed by atoms with Crippen molar-refractivity contribution >= 4 is 0 Å². The van der Waals surface area contributed by atoms with Crippen molar-refractivity contribution in [1.29, 1.82) is 5.26 Å². The number of nitriles is 1. The minimum atomic E-state index is 0.0924. The lowest BCUT2D eigenvalue weighted by molar-refractivity contribution is 0.577. The lowest BCUT2D eigenvalue weighted by atomic mass is 9.83. The van der Waals surface area contributed by atoms with E-state index in [4.69, 9.17) is 5.26 Å². The average Bonchev–Trinajstić information content (AvgIpc) is 1.99. The molecular formula is C12H16N2. The second kappa shape index (κ2) is 3.42. The normalized spacial score (nSPS) is 11.1. The molecule has 1 heterocycles. The predicted molar refractivity (Wildman–Crippen MR) is 57.1 cm³/mol. The Morgan fingerprint density at radius 2 is 1.86 bits per heavy atom. The van der Waals surface area contributed by atoms with E-state index in [9.17, 15) is 0 Å². The molecule has 0 saturated carbocycles. The van der Waals surface area contributed by atoms with E-state index in [1.807, 2.05) is 19.9 Å². The Kier molecular flexibility index (Phi) is 2.62. The number of aryl methyl sites for hydroxylation is 2. The van der Waals surface area contributed by atoms with Gasteiger partial charge in [-0.05, 0) is 36.5 Å². The van der Waals surface area contributed by atoms with Gasteiger partial charge in [0.05, 0.1) is 0 Å². The molecule has 2 heteroatoms. The molecule has 0 aliphatic heterocycles. The van der Waals surface area contributed by atoms with E-state index in [2.05, 4.69) is 31.8 Å². The zero-order valence-corrected chi connectivity index (χ0v) is 9.47. The molecule has 0 saturated heterocycles. The van der Waals surface area contributed by atoms with E-state index in [0.29, 0.717) is 5.69 Å². The first kappa shape index (κ1) is 10.7. The molecule has 0 bridgehead atoms. The van der Waals surface area contributed by atoms with Gasteiger partial charge in [-0.3, -0.25) is 0 Å². The molecule has 0 aliphatic rings. The molecule has 0 N–H and O–H groups in total. The van der Waals surface area contributed by atoms with Crippen LogP contribution in [0.25, 0.3) is 0 Å². The van der Waals surface area contributed by atoms with Crippen molar-refractivity contribution in [2.24, 2.45) is 0 Å². The molecular weight excluding hydrogens is 172 g/mol. The van der Waals surface area contributed by atoms with Crippen LogP contribution >= 0.6 is 0 Å². The first-order chi connectivity index (χ1) is 6.36. The summed E-state index contributed by atoms with van der Waals surface area (Å²) in [6.45, 7) is 10.5. The van der Waals surface area contributed by atoms with Crippen molar-refractivity contribution < 1.29 is 0 Å². The van der Waals surface area contributed by atoms with Crippen LogP contribution in [0.4, 0.5) is 0 Å². The van der Waals surface area contributed by atoms with Crippen LogP contribution in [0.3, 0.4) is 0 Å². The fraction of sp³-hybridized carbons (Fsp3) is 0.500. The highest BCUT2D eigenvalue weighted by Crippen LogP contribution is 2.27. The molecule has 0 atom stereocenters. The molecule has 0 amide bonds. The predicted octanol–water partition coefficient (Wildman–Crippen LogP) is 2.87. The summed E-state index contributed by atoms with van der Waals surface area (Å²) in [4.78, 5) is 4.26. The van der Waals surface area contributed by atoms with Crippen LogP contribution in [0, 0.1) is 25.2 Å². The van der Waals surface area contributed by atoms with Crippen LogP contribution in [0.1, 0.15) is 43.3 Å². The Labute approximate surface area is 85.6 Å². The number of pyridine rings is 1. The summed E-state index contributed by atoms with van der Waals surface area (Å²) in [5.74, 6) is 0. The summed E-state index contributed by atoms with van der Waals surface area (Å²) in [5, 5.41) is 8.77. The maximum atomic E-state index is 8.77. The SMILES string of the molecule is Cc1cc(C#N)nc(C)c1C(C)(C)C. The fourth-order valence-corrected chi connectivity index (χ4v) is 2.02. The van der Waals surface area contributed by atoms with Gasteiger partial charge in [0.15, 0.2) is 0 Å². The maximum Gasteiger partial charge on any atom is 0.141 e. The van der Waals surface area contributed by atoms with Crippen molar-refractivity contribution in [2.45, 2.75) is 40.0 Å². The summed E-state index contributed by atoms with van der Waals surface area (Å²) >= 11 is 0. The Morgan fingerprint density at radius 1 is 1.29 bits per heavy atom. The van der Waals surface area contributed by atoms with Crippen molar-refractivity contribution in [2.75, 3.05) is 0 Å². The maximum absolute atomic E-state index is 8.77. The van der Waals surface area contributed by atoms with Gasteiger partial charge in [-0.2, -0.15) is 5.26 Å². The van der Waals surface area contributed by atoms with Gasteiger partial charge in [-0.15, -0.1) is 0 Å². The molecule has 0 aromatic carbocycles. The fourth-order valence-electron chi connectivity index (χ4n) is 2.02. The van der Waals surface area contributed by atoms with E-state index in [-0.39, 0.29) is 5.41 Å². The largest absolute Gasteiger partial charge is 0.242 e. The zero-order chi connectivity index (χ0) is 10.9. The van der Waals surface area contributed by atoms with E-state index >= 15 is 0 Å². The van der Waals surface area contributed by atoms with Gasteiger partial charge in [0.2, 0.25) is 0 Å². The lowest BCUT2D eigenvalue weighted by Crippen LogP contribution is -2.16. The van der Waals surface area contributed by atoms with Crippen molar-refractivity contribution in [3.05, 3.63) is 28.6 Å². The van der Waals surface area contributed by atoms with E-state index < -0.39 is 0 Å². The zero-order valence-electron chi connectivity index (χ0n) is 9.47. The minimum absolute atomic E-state index is 0.0924. The summed E-state index contributed by atoms with van der Waals surface area (Å²) in [7, 11) is 0. The highest BCUT2D eigenvalue weighted by atomic mass is 14.7. The smallest absolute Gasteiger partial charge is 0.141 e. The molecule has 74 valence electrons. The van der Waals surface area contributed by atoms with Gasteiger partial charge in [0.1, 0.15) is 11.8 Å². The molecule has 1 rings (SSSR count). The molecule has 0 aliphatic carbocycles. The lowest BCUT2D eigenvalue weighted by Gasteiger charge is -2.23. The third kappa shape index (κ3) is 1.93. The number of hydrogen-bond acceptors (Lipinski definition) is 2. The highest BCUT2D eigenvalue weighted by Gasteiger charge is 2.19. The third-order valence-corrected chi connectivity index (χ3v) is 2.26. The topological polar surface area (TPSA) is 36.7 Å². The van der Waals surface area contributed by atoms with Gasteiger partial charge in [-0.25, -0.2) is 4.98 Å². The number of rotatable bonds is 0. The van der Waals surface area contributed by atoms with Crippen LogP contribution < -0.4 is 0 Å². The van der Waals surface area contributed by atoms with Crippen molar-refractivity contribution in [3.8, 4) is 6.07 Å². The second-order valence-electron chi connectivity index (χ2n) is 4.65. The van der Waals surface area contributed by atoms with E-state index in [1.54, 1.807) is 0 Å². The average molecular weight is 188 g/mol. The molecule has 2 nitrogen and oxygen atoms in total. The Balaban J connectivity index is 3.42. The van der Waals surface area contributed by atoms with Crippen LogP contribution in [0.2, 0.25) is 0 Å². The Bertz CT molecular complexity index is 369. The number of hydrogen-bond donors (Lipinski definition) is 0. The monoisotopic (exact) mass is 188 g/mol. The van der Waals surface area contributed by atoms with Crippen LogP contribution in [-0.4, -0.2) is 4.98 Å². The first-order valence-electron chi connectivity index (χ1n) is 4.75. The van der Waals surface area contributed by atoms with E-state index in [1.165, 1.54) is 5.56 Å². The molecule has 0 fully saturated rings. The van der Waals surface area contributed by atoms with Gasteiger partial charge in [-0.1, -0.05) is 20.8 Å². The standard InChI is InChI=1S/C12H16N2/c1-8-6-10(7-13)14-9(2)11(8)12(3,4)5/h6H,1-5H3. The Hall–Kier alpha value is -1.36. The number of nitrogens with zero attached hydrogens (tertiary/aromatic N) is 2. The van der Waals surface area contributed by atoms with Gasteiger partial charge in [0, 0.05) is 5.69 Å². The summed E-state index contributed by atoms with van der Waals surface area (Å²) in [5.41, 5.74) is 3.97. The molecule has 0 unspecified atom stereocenters. The Morgan fingerprint density at radius 3 is 2.21 bits per heavy atom. The minimum Gasteiger partial charge on any atom is -0.242 e. The van der Waals surface area contributed by atoms with Crippen molar-refractivity contribution in [3.63, 3.8) is 0 Å². The second-order valence-corrected chi connectivity index (χ2v) is 4.65. The van der Waals surface area contributed by atoms with Gasteiger partial charge < -0.3 is 0 Å². The molecule has 0 spiro atoms. The van der Waals surface area contributed by atoms with Crippen molar-refractivity contribution in [1.82, 2.24) is 4.98 Å². The summed E-state index contributed by atoms with van der Waals surface area (Å²) in [6, 6.07) is 3.93.